The van der Waals surface area contributed by atoms with Gasteiger partial charge in [0.15, 0.2) is 0 Å². The first-order chi connectivity index (χ1) is 16.9. The number of piperidine rings is 1. The zero-order valence-electron chi connectivity index (χ0n) is 20.3. The van der Waals surface area contributed by atoms with Gasteiger partial charge in [0.25, 0.3) is 0 Å². The summed E-state index contributed by atoms with van der Waals surface area (Å²) < 4.78 is 3.52. The Balaban J connectivity index is 1.46. The molecular formula is C27H29N7O. The van der Waals surface area contributed by atoms with Gasteiger partial charge in [-0.1, -0.05) is 13.8 Å². The fourth-order valence-corrected chi connectivity index (χ4v) is 4.84. The number of ketones is 1. The molecule has 0 aliphatic carbocycles. The summed E-state index contributed by atoms with van der Waals surface area (Å²) >= 11 is 0. The summed E-state index contributed by atoms with van der Waals surface area (Å²) in [6, 6.07) is 8.42. The summed E-state index contributed by atoms with van der Waals surface area (Å²) in [5.74, 6) is 1.72. The highest BCUT2D eigenvalue weighted by Crippen LogP contribution is 2.33. The average Bonchev–Trinajstić information content (AvgIpc) is 3.49. The summed E-state index contributed by atoms with van der Waals surface area (Å²) in [6.45, 7) is 5.75. The Hall–Kier alpha value is -3.99. The number of Topliss-reactive ketones (excluding diaryl/α,β-unsaturated/α-hetero) is 1. The third-order valence-electron chi connectivity index (χ3n) is 6.81. The van der Waals surface area contributed by atoms with Crippen LogP contribution >= 0.6 is 0 Å². The third-order valence-corrected chi connectivity index (χ3v) is 6.81. The lowest BCUT2D eigenvalue weighted by Gasteiger charge is -2.33. The number of hydrogen-bond donors (Lipinski definition) is 0. The van der Waals surface area contributed by atoms with E-state index < -0.39 is 0 Å². The first-order valence-electron chi connectivity index (χ1n) is 12.1. The molecule has 0 saturated carbocycles. The van der Waals surface area contributed by atoms with E-state index in [9.17, 15) is 10.1 Å². The van der Waals surface area contributed by atoms with Crippen LogP contribution < -0.4 is 4.90 Å². The number of rotatable bonds is 6. The van der Waals surface area contributed by atoms with E-state index in [4.69, 9.17) is 4.98 Å². The molecule has 0 aromatic carbocycles. The average molecular weight is 468 g/mol. The predicted octanol–water partition coefficient (Wildman–Crippen LogP) is 4.50. The molecule has 1 saturated heterocycles. The van der Waals surface area contributed by atoms with Crippen molar-refractivity contribution in [2.24, 2.45) is 18.9 Å². The van der Waals surface area contributed by atoms with Crippen LogP contribution in [-0.4, -0.2) is 43.3 Å². The number of pyridine rings is 2. The normalized spacial score (nSPS) is 16.1. The minimum Gasteiger partial charge on any atom is -0.356 e. The monoisotopic (exact) mass is 467 g/mol. The quantitative estimate of drug-likeness (QED) is 0.415. The maximum absolute atomic E-state index is 12.3. The van der Waals surface area contributed by atoms with Crippen LogP contribution in [0.1, 0.15) is 38.7 Å². The van der Waals surface area contributed by atoms with E-state index in [0.29, 0.717) is 23.7 Å². The molecule has 1 fully saturated rings. The van der Waals surface area contributed by atoms with Crippen molar-refractivity contribution >= 4 is 17.1 Å². The largest absolute Gasteiger partial charge is 0.356 e. The minimum absolute atomic E-state index is 0.0869. The smallest absolute Gasteiger partial charge is 0.135 e. The van der Waals surface area contributed by atoms with Gasteiger partial charge < -0.3 is 4.90 Å². The molecule has 178 valence electrons. The highest BCUT2D eigenvalue weighted by atomic mass is 16.1. The molecule has 1 atom stereocenters. The molecule has 1 aliphatic rings. The van der Waals surface area contributed by atoms with E-state index in [1.807, 2.05) is 51.7 Å². The highest BCUT2D eigenvalue weighted by Gasteiger charge is 2.24. The molecule has 0 N–H and O–H groups in total. The molecule has 35 heavy (non-hydrogen) atoms. The Kier molecular flexibility index (Phi) is 6.08. The van der Waals surface area contributed by atoms with Crippen molar-refractivity contribution in [1.82, 2.24) is 24.4 Å². The van der Waals surface area contributed by atoms with Crippen LogP contribution in [0, 0.1) is 23.2 Å². The Bertz CT molecular complexity index is 1410. The predicted molar refractivity (Wildman–Crippen MR) is 135 cm³/mol. The van der Waals surface area contributed by atoms with E-state index in [1.165, 1.54) is 0 Å². The minimum atomic E-state index is 0.0869. The van der Waals surface area contributed by atoms with Crippen LogP contribution in [0.5, 0.6) is 0 Å². The summed E-state index contributed by atoms with van der Waals surface area (Å²) in [7, 11) is 1.89. The van der Waals surface area contributed by atoms with E-state index in [2.05, 4.69) is 33.3 Å². The SMILES string of the molecule is CC(C)C(=O)C[C@H]1CCCN(c2ccc(-c3cc(-c4cnn(C)c4)cn4ncc(C#N)c34)cn2)C1. The van der Waals surface area contributed by atoms with Crippen molar-refractivity contribution in [3.05, 3.63) is 54.7 Å². The summed E-state index contributed by atoms with van der Waals surface area (Å²) in [6.07, 6.45) is 12.0. The fourth-order valence-electron chi connectivity index (χ4n) is 4.84. The number of hydrogen-bond acceptors (Lipinski definition) is 6. The number of carbonyl (C=O) groups is 1. The molecule has 8 nitrogen and oxygen atoms in total. The number of anilines is 1. The Labute approximate surface area is 204 Å². The topological polar surface area (TPSA) is 92.1 Å². The van der Waals surface area contributed by atoms with Crippen LogP contribution in [0.3, 0.4) is 0 Å². The Morgan fingerprint density at radius 2 is 2.00 bits per heavy atom. The molecule has 4 aromatic heterocycles. The third kappa shape index (κ3) is 4.54. The van der Waals surface area contributed by atoms with Crippen molar-refractivity contribution < 1.29 is 4.79 Å². The van der Waals surface area contributed by atoms with E-state index in [1.54, 1.807) is 15.4 Å². The molecule has 0 spiro atoms. The zero-order chi connectivity index (χ0) is 24.5. The second-order valence-corrected chi connectivity index (χ2v) is 9.69. The van der Waals surface area contributed by atoms with Gasteiger partial charge >= 0.3 is 0 Å². The van der Waals surface area contributed by atoms with Crippen molar-refractivity contribution in [2.75, 3.05) is 18.0 Å². The second-order valence-electron chi connectivity index (χ2n) is 9.69. The van der Waals surface area contributed by atoms with Gasteiger partial charge in [-0.05, 0) is 37.0 Å². The lowest BCUT2D eigenvalue weighted by molar-refractivity contribution is -0.122. The lowest BCUT2D eigenvalue weighted by atomic mass is 9.90. The molecule has 0 unspecified atom stereocenters. The molecule has 4 aromatic rings. The van der Waals surface area contributed by atoms with Gasteiger partial charge in [0.1, 0.15) is 17.7 Å². The van der Waals surface area contributed by atoms with Gasteiger partial charge in [0, 0.05) is 73.3 Å². The van der Waals surface area contributed by atoms with Gasteiger partial charge in [-0.3, -0.25) is 9.48 Å². The molecule has 5 heterocycles. The first kappa shape index (κ1) is 22.8. The zero-order valence-corrected chi connectivity index (χ0v) is 20.3. The second kappa shape index (κ2) is 9.34. The Morgan fingerprint density at radius 3 is 2.69 bits per heavy atom. The van der Waals surface area contributed by atoms with E-state index in [-0.39, 0.29) is 5.92 Å². The van der Waals surface area contributed by atoms with E-state index in [0.717, 1.165) is 59.5 Å². The number of fused-ring (bicyclic) bond motifs is 1. The van der Waals surface area contributed by atoms with Crippen molar-refractivity contribution in [3.8, 4) is 28.3 Å². The fraction of sp³-hybridized carbons (Fsp3) is 0.370. The van der Waals surface area contributed by atoms with Crippen LogP contribution in [0.4, 0.5) is 5.82 Å². The van der Waals surface area contributed by atoms with Gasteiger partial charge in [-0.2, -0.15) is 15.5 Å². The molecule has 8 heteroatoms. The summed E-state index contributed by atoms with van der Waals surface area (Å²) in [5.41, 5.74) is 5.05. The molecule has 0 radical (unpaired) electrons. The van der Waals surface area contributed by atoms with Crippen molar-refractivity contribution in [3.63, 3.8) is 0 Å². The maximum Gasteiger partial charge on any atom is 0.135 e. The maximum atomic E-state index is 12.3. The summed E-state index contributed by atoms with van der Waals surface area (Å²) in [5, 5.41) is 18.4. The van der Waals surface area contributed by atoms with Crippen LogP contribution in [0.15, 0.2) is 49.2 Å². The molecule has 0 bridgehead atoms. The lowest BCUT2D eigenvalue weighted by Crippen LogP contribution is -2.37. The van der Waals surface area contributed by atoms with Crippen LogP contribution in [0.2, 0.25) is 0 Å². The van der Waals surface area contributed by atoms with Crippen molar-refractivity contribution in [1.29, 1.82) is 5.26 Å². The molecular weight excluding hydrogens is 438 g/mol. The number of aromatic nitrogens is 5. The van der Waals surface area contributed by atoms with Gasteiger partial charge in [0.2, 0.25) is 0 Å². The van der Waals surface area contributed by atoms with Crippen LogP contribution in [0.25, 0.3) is 27.8 Å². The molecule has 0 amide bonds. The van der Waals surface area contributed by atoms with Crippen LogP contribution in [-0.2, 0) is 11.8 Å². The first-order valence-corrected chi connectivity index (χ1v) is 12.1. The van der Waals surface area contributed by atoms with Gasteiger partial charge in [-0.15, -0.1) is 0 Å². The molecule has 1 aliphatic heterocycles. The number of nitrogens with zero attached hydrogens (tertiary/aromatic N) is 7. The Morgan fingerprint density at radius 1 is 1.14 bits per heavy atom. The number of carbonyl (C=O) groups excluding carboxylic acids is 1. The standard InChI is InChI=1S/C27H29N7O/c1-18(2)25(35)9-19-5-4-8-33(15-19)26-7-6-20(12-29-26)24-10-21(23-14-30-32(3)16-23)17-34-27(24)22(11-28)13-31-34/h6-7,10,12-14,16-19H,4-5,8-9,15H2,1-3H3/t19-/m1/s1. The summed E-state index contributed by atoms with van der Waals surface area (Å²) in [4.78, 5) is 19.3. The molecule has 5 rings (SSSR count). The van der Waals surface area contributed by atoms with Gasteiger partial charge in [-0.25, -0.2) is 9.50 Å². The van der Waals surface area contributed by atoms with Gasteiger partial charge in [0.05, 0.1) is 23.5 Å². The highest BCUT2D eigenvalue weighted by molar-refractivity contribution is 5.87. The van der Waals surface area contributed by atoms with Crippen molar-refractivity contribution in [2.45, 2.75) is 33.1 Å². The number of aryl methyl sites for hydroxylation is 1. The van der Waals surface area contributed by atoms with E-state index >= 15 is 0 Å². The number of nitriles is 1.